The largest absolute Gasteiger partial charge is 0.508 e. The van der Waals surface area contributed by atoms with Gasteiger partial charge in [0, 0.05) is 0 Å². The van der Waals surface area contributed by atoms with Gasteiger partial charge in [0.15, 0.2) is 18.5 Å². The minimum Gasteiger partial charge on any atom is -0.508 e. The predicted molar refractivity (Wildman–Crippen MR) is 117 cm³/mol. The van der Waals surface area contributed by atoms with E-state index in [0.29, 0.717) is 5.75 Å². The van der Waals surface area contributed by atoms with Crippen LogP contribution < -0.4 is 4.74 Å². The highest BCUT2D eigenvalue weighted by molar-refractivity contribution is 5.90. The number of carboxylic acid groups (broad SMARTS) is 1. The van der Waals surface area contributed by atoms with Gasteiger partial charge in [0.2, 0.25) is 0 Å². The van der Waals surface area contributed by atoms with Crippen LogP contribution in [0.15, 0.2) is 48.5 Å². The maximum absolute atomic E-state index is 11.1. The van der Waals surface area contributed by atoms with Gasteiger partial charge in [0.25, 0.3) is 0 Å². The van der Waals surface area contributed by atoms with Crippen molar-refractivity contribution in [3.8, 4) is 11.5 Å². The summed E-state index contributed by atoms with van der Waals surface area (Å²) in [6.07, 6.45) is -6.63. The minimum absolute atomic E-state index is 0.208. The van der Waals surface area contributed by atoms with Crippen LogP contribution in [-0.2, 0) is 9.53 Å². The van der Waals surface area contributed by atoms with Crippen molar-refractivity contribution in [1.29, 1.82) is 0 Å². The van der Waals surface area contributed by atoms with Gasteiger partial charge in [-0.3, -0.25) is 0 Å². The van der Waals surface area contributed by atoms with Crippen molar-refractivity contribution < 1.29 is 39.8 Å². The Morgan fingerprint density at radius 1 is 0.875 bits per heavy atom. The first-order valence-corrected chi connectivity index (χ1v) is 10.5. The van der Waals surface area contributed by atoms with E-state index < -0.39 is 36.7 Å². The van der Waals surface area contributed by atoms with Crippen LogP contribution in [0.2, 0.25) is 0 Å². The van der Waals surface area contributed by atoms with Crippen LogP contribution >= 0.6 is 0 Å². The smallest absolute Gasteiger partial charge is 0.335 e. The molecule has 0 aliphatic carbocycles. The van der Waals surface area contributed by atoms with E-state index in [9.17, 15) is 25.2 Å². The summed E-state index contributed by atoms with van der Waals surface area (Å²) in [6.45, 7) is 4.12. The minimum atomic E-state index is -1.74. The van der Waals surface area contributed by atoms with Crippen LogP contribution in [0, 0.1) is 0 Å². The molecule has 0 amide bonds. The summed E-state index contributed by atoms with van der Waals surface area (Å²) in [5.41, 5.74) is 4.27. The van der Waals surface area contributed by atoms with Gasteiger partial charge < -0.3 is 35.0 Å². The number of aliphatic hydroxyl groups is 3. The number of rotatable bonds is 7. The molecule has 2 aromatic rings. The molecule has 0 saturated carbocycles. The number of aromatic hydroxyl groups is 1. The molecular weight excluding hydrogens is 416 g/mol. The zero-order valence-electron chi connectivity index (χ0n) is 17.9. The Labute approximate surface area is 186 Å². The summed E-state index contributed by atoms with van der Waals surface area (Å²) >= 11 is 0. The third kappa shape index (κ3) is 4.94. The van der Waals surface area contributed by atoms with Gasteiger partial charge in [-0.15, -0.1) is 0 Å². The summed E-state index contributed by atoms with van der Waals surface area (Å²) in [4.78, 5) is 11.1. The van der Waals surface area contributed by atoms with E-state index in [-0.39, 0.29) is 5.75 Å². The van der Waals surface area contributed by atoms with Crippen LogP contribution in [0.1, 0.15) is 37.8 Å². The molecule has 1 aliphatic heterocycles. The first kappa shape index (κ1) is 23.7. The Morgan fingerprint density at radius 2 is 1.38 bits per heavy atom. The number of phenols is 1. The van der Waals surface area contributed by atoms with Gasteiger partial charge in [0.05, 0.1) is 0 Å². The Kier molecular flexibility index (Phi) is 7.52. The number of carbonyl (C=O) groups is 1. The van der Waals surface area contributed by atoms with Crippen molar-refractivity contribution in [3.05, 3.63) is 59.7 Å². The molecule has 0 bridgehead atoms. The third-order valence-corrected chi connectivity index (χ3v) is 5.57. The Hall–Kier alpha value is -2.91. The lowest BCUT2D eigenvalue weighted by molar-refractivity contribution is -0.274. The van der Waals surface area contributed by atoms with Crippen molar-refractivity contribution in [1.82, 2.24) is 0 Å². The van der Waals surface area contributed by atoms with Crippen LogP contribution in [0.3, 0.4) is 0 Å². The lowest BCUT2D eigenvalue weighted by Gasteiger charge is -2.38. The molecule has 32 heavy (non-hydrogen) atoms. The van der Waals surface area contributed by atoms with E-state index in [0.717, 1.165) is 35.1 Å². The number of hydrogen-bond donors (Lipinski definition) is 5. The molecular formula is C24H28O8. The average molecular weight is 444 g/mol. The predicted octanol–water partition coefficient (Wildman–Crippen LogP) is 2.39. The summed E-state index contributed by atoms with van der Waals surface area (Å²) in [5.74, 6) is -0.961. The van der Waals surface area contributed by atoms with Crippen LogP contribution in [-0.4, -0.2) is 62.2 Å². The standard InChI is InChI=1S/C24H28O8/c1-3-17(13-5-9-15(25)10-6-13)18(4-2)14-7-11-16(12-8-14)31-22-20(27)19(26)21(23(28)29)32-24(22)30/h5-12,19-22,24-27,30H,3-4H2,1-2H3,(H,28,29)/b18-17+/t19-,20-,21-,22+,24+/m0/s1. The van der Waals surface area contributed by atoms with E-state index in [1.165, 1.54) is 0 Å². The Balaban J connectivity index is 1.82. The molecule has 1 aliphatic rings. The highest BCUT2D eigenvalue weighted by atomic mass is 16.7. The van der Waals surface area contributed by atoms with Gasteiger partial charge in [-0.25, -0.2) is 4.79 Å². The maximum atomic E-state index is 11.1. The van der Waals surface area contributed by atoms with Crippen molar-refractivity contribution in [3.63, 3.8) is 0 Å². The summed E-state index contributed by atoms with van der Waals surface area (Å²) < 4.78 is 10.5. The first-order chi connectivity index (χ1) is 15.3. The molecule has 3 rings (SSSR count). The van der Waals surface area contributed by atoms with Crippen molar-refractivity contribution in [2.75, 3.05) is 0 Å². The lowest BCUT2D eigenvalue weighted by Crippen LogP contribution is -2.61. The summed E-state index contributed by atoms with van der Waals surface area (Å²) in [7, 11) is 0. The molecule has 1 fully saturated rings. The SMILES string of the molecule is CC/C(=C(/CC)c1ccc(O[C@@H]2[C@@H](O)[C@H](O)[C@@H](C(=O)O)O[C@H]2O)cc1)c1ccc(O)cc1. The Bertz CT molecular complexity index is 951. The summed E-state index contributed by atoms with van der Waals surface area (Å²) in [6, 6.07) is 14.1. The fraction of sp³-hybridized carbons (Fsp3) is 0.375. The molecule has 8 nitrogen and oxygen atoms in total. The number of phenolic OH excluding ortho intramolecular Hbond substituents is 1. The monoisotopic (exact) mass is 444 g/mol. The van der Waals surface area contributed by atoms with Crippen molar-refractivity contribution in [2.45, 2.75) is 57.4 Å². The number of benzene rings is 2. The van der Waals surface area contributed by atoms with Gasteiger partial charge in [0.1, 0.15) is 23.7 Å². The molecule has 1 heterocycles. The second kappa shape index (κ2) is 10.1. The van der Waals surface area contributed by atoms with Crippen LogP contribution in [0.25, 0.3) is 11.1 Å². The Morgan fingerprint density at radius 3 is 1.84 bits per heavy atom. The topological polar surface area (TPSA) is 137 Å². The van der Waals surface area contributed by atoms with Gasteiger partial charge in [-0.05, 0) is 59.4 Å². The molecule has 0 radical (unpaired) electrons. The van der Waals surface area contributed by atoms with E-state index in [1.54, 1.807) is 24.3 Å². The maximum Gasteiger partial charge on any atom is 0.335 e. The zero-order valence-corrected chi connectivity index (χ0v) is 17.9. The molecule has 5 atom stereocenters. The number of allylic oxidation sites excluding steroid dienone is 2. The van der Waals surface area contributed by atoms with Gasteiger partial charge in [-0.1, -0.05) is 38.1 Å². The molecule has 0 unspecified atom stereocenters. The fourth-order valence-corrected chi connectivity index (χ4v) is 3.92. The quantitative estimate of drug-likeness (QED) is 0.411. The molecule has 5 N–H and O–H groups in total. The fourth-order valence-electron chi connectivity index (χ4n) is 3.92. The average Bonchev–Trinajstić information content (AvgIpc) is 2.78. The highest BCUT2D eigenvalue weighted by Gasteiger charge is 2.48. The lowest BCUT2D eigenvalue weighted by atomic mass is 9.91. The van der Waals surface area contributed by atoms with Gasteiger partial charge >= 0.3 is 5.97 Å². The molecule has 0 spiro atoms. The van der Waals surface area contributed by atoms with E-state index in [4.69, 9.17) is 14.6 Å². The molecule has 172 valence electrons. The van der Waals surface area contributed by atoms with Crippen molar-refractivity contribution in [2.24, 2.45) is 0 Å². The number of hydrogen-bond acceptors (Lipinski definition) is 7. The van der Waals surface area contributed by atoms with E-state index in [1.807, 2.05) is 24.3 Å². The normalized spacial score (nSPS) is 26.3. The van der Waals surface area contributed by atoms with Gasteiger partial charge in [-0.2, -0.15) is 0 Å². The van der Waals surface area contributed by atoms with Crippen LogP contribution in [0.5, 0.6) is 11.5 Å². The summed E-state index contributed by atoms with van der Waals surface area (Å²) in [5, 5.41) is 48.8. The molecule has 0 aromatic heterocycles. The van der Waals surface area contributed by atoms with E-state index in [2.05, 4.69) is 13.8 Å². The number of carboxylic acids is 1. The molecule has 8 heteroatoms. The van der Waals surface area contributed by atoms with E-state index >= 15 is 0 Å². The highest BCUT2D eigenvalue weighted by Crippen LogP contribution is 2.33. The molecule has 2 aromatic carbocycles. The van der Waals surface area contributed by atoms with Crippen LogP contribution in [0.4, 0.5) is 0 Å². The number of ether oxygens (including phenoxy) is 2. The third-order valence-electron chi connectivity index (χ3n) is 5.57. The second-order valence-electron chi connectivity index (χ2n) is 7.58. The second-order valence-corrected chi connectivity index (χ2v) is 7.58. The number of aliphatic hydroxyl groups excluding tert-OH is 3. The molecule has 1 saturated heterocycles. The number of aliphatic carboxylic acids is 1. The first-order valence-electron chi connectivity index (χ1n) is 10.5. The zero-order chi connectivity index (χ0) is 23.4. The van der Waals surface area contributed by atoms with Crippen molar-refractivity contribution >= 4 is 17.1 Å².